The first-order valence-corrected chi connectivity index (χ1v) is 4.63. The zero-order chi connectivity index (χ0) is 11.1. The second-order valence-electron chi connectivity index (χ2n) is 2.78. The Kier molecular flexibility index (Phi) is 2.34. The summed E-state index contributed by atoms with van der Waals surface area (Å²) in [6.45, 7) is 0. The summed E-state index contributed by atoms with van der Waals surface area (Å²) >= 11 is 3.13. The lowest BCUT2D eigenvalue weighted by Crippen LogP contribution is -2.17. The number of rotatable bonds is 1. The number of aromatic amines is 1. The van der Waals surface area contributed by atoms with Gasteiger partial charge in [-0.15, -0.1) is 13.2 Å². The maximum atomic E-state index is 11.9. The molecule has 1 aromatic heterocycles. The van der Waals surface area contributed by atoms with Gasteiger partial charge < -0.3 is 4.74 Å². The molecular weight excluding hydrogens is 277 g/mol. The van der Waals surface area contributed by atoms with E-state index in [0.717, 1.165) is 0 Å². The second-order valence-corrected chi connectivity index (χ2v) is 3.64. The minimum Gasteiger partial charge on any atom is -0.406 e. The van der Waals surface area contributed by atoms with Gasteiger partial charge in [0.05, 0.1) is 11.7 Å². The van der Waals surface area contributed by atoms with Gasteiger partial charge in [0, 0.05) is 15.9 Å². The Labute approximate surface area is 90.4 Å². The van der Waals surface area contributed by atoms with Gasteiger partial charge in [-0.1, -0.05) is 0 Å². The van der Waals surface area contributed by atoms with Crippen molar-refractivity contribution in [1.29, 1.82) is 0 Å². The van der Waals surface area contributed by atoms with Gasteiger partial charge in [-0.25, -0.2) is 0 Å². The Bertz CT molecular complexity index is 494. The number of benzene rings is 1. The van der Waals surface area contributed by atoms with Crippen molar-refractivity contribution < 1.29 is 17.9 Å². The number of ether oxygens (including phenoxy) is 1. The zero-order valence-corrected chi connectivity index (χ0v) is 8.69. The lowest BCUT2D eigenvalue weighted by molar-refractivity contribution is -0.274. The van der Waals surface area contributed by atoms with Gasteiger partial charge in [-0.05, 0) is 22.0 Å². The summed E-state index contributed by atoms with van der Waals surface area (Å²) in [5.74, 6) is -0.286. The fraction of sp³-hybridized carbons (Fsp3) is 0.125. The van der Waals surface area contributed by atoms with Crippen LogP contribution in [0.2, 0.25) is 0 Å². The number of aromatic nitrogens is 2. The Morgan fingerprint density at radius 1 is 1.33 bits per heavy atom. The predicted molar refractivity (Wildman–Crippen MR) is 50.5 cm³/mol. The van der Waals surface area contributed by atoms with E-state index in [0.29, 0.717) is 15.4 Å². The standard InChI is InChI=1S/C8H4BrF3N2O/c9-6-1-4(15-8(10,11)12)2-7-5(6)3-13-14-7/h1-3H,(H,13,14). The van der Waals surface area contributed by atoms with Crippen LogP contribution in [0.15, 0.2) is 22.8 Å². The molecule has 0 radical (unpaired) electrons. The van der Waals surface area contributed by atoms with Crippen LogP contribution < -0.4 is 4.74 Å². The van der Waals surface area contributed by atoms with E-state index in [1.165, 1.54) is 18.3 Å². The number of alkyl halides is 3. The molecule has 0 amide bonds. The molecule has 1 aromatic carbocycles. The van der Waals surface area contributed by atoms with Gasteiger partial charge in [0.15, 0.2) is 0 Å². The Morgan fingerprint density at radius 2 is 2.07 bits per heavy atom. The van der Waals surface area contributed by atoms with Crippen molar-refractivity contribution in [2.24, 2.45) is 0 Å². The molecular formula is C8H4BrF3N2O. The van der Waals surface area contributed by atoms with E-state index in [2.05, 4.69) is 30.9 Å². The van der Waals surface area contributed by atoms with E-state index in [1.807, 2.05) is 0 Å². The van der Waals surface area contributed by atoms with Crippen LogP contribution in [0.5, 0.6) is 5.75 Å². The first-order chi connectivity index (χ1) is 6.96. The molecule has 0 saturated carbocycles. The highest BCUT2D eigenvalue weighted by molar-refractivity contribution is 9.10. The van der Waals surface area contributed by atoms with Crippen molar-refractivity contribution in [2.75, 3.05) is 0 Å². The van der Waals surface area contributed by atoms with E-state index >= 15 is 0 Å². The molecule has 0 unspecified atom stereocenters. The molecule has 80 valence electrons. The lowest BCUT2D eigenvalue weighted by Gasteiger charge is -2.08. The van der Waals surface area contributed by atoms with Crippen LogP contribution in [-0.2, 0) is 0 Å². The van der Waals surface area contributed by atoms with Gasteiger partial charge in [0.2, 0.25) is 0 Å². The largest absolute Gasteiger partial charge is 0.573 e. The molecule has 2 rings (SSSR count). The van der Waals surface area contributed by atoms with Crippen molar-refractivity contribution in [1.82, 2.24) is 10.2 Å². The van der Waals surface area contributed by atoms with E-state index in [4.69, 9.17) is 0 Å². The predicted octanol–water partition coefficient (Wildman–Crippen LogP) is 3.22. The highest BCUT2D eigenvalue weighted by Crippen LogP contribution is 2.31. The maximum absolute atomic E-state index is 11.9. The summed E-state index contributed by atoms with van der Waals surface area (Å²) in [6.07, 6.45) is -3.18. The third-order valence-electron chi connectivity index (χ3n) is 1.72. The molecule has 0 fully saturated rings. The summed E-state index contributed by atoms with van der Waals surface area (Å²) in [5.41, 5.74) is 0.476. The smallest absolute Gasteiger partial charge is 0.406 e. The average Bonchev–Trinajstić information content (AvgIpc) is 2.48. The van der Waals surface area contributed by atoms with Crippen molar-refractivity contribution >= 4 is 26.8 Å². The third-order valence-corrected chi connectivity index (χ3v) is 2.37. The van der Waals surface area contributed by atoms with Crippen molar-refractivity contribution in [3.05, 3.63) is 22.8 Å². The average molecular weight is 281 g/mol. The quantitative estimate of drug-likeness (QED) is 0.871. The first kappa shape index (κ1) is 10.3. The van der Waals surface area contributed by atoms with Gasteiger partial charge in [0.1, 0.15) is 5.75 Å². The van der Waals surface area contributed by atoms with E-state index in [-0.39, 0.29) is 5.75 Å². The molecule has 0 saturated heterocycles. The fourth-order valence-corrected chi connectivity index (χ4v) is 1.72. The molecule has 0 bridgehead atoms. The summed E-state index contributed by atoms with van der Waals surface area (Å²) in [7, 11) is 0. The summed E-state index contributed by atoms with van der Waals surface area (Å²) in [5, 5.41) is 6.97. The molecule has 1 heterocycles. The van der Waals surface area contributed by atoms with Gasteiger partial charge >= 0.3 is 6.36 Å². The molecule has 2 aromatic rings. The number of halogens is 4. The second kappa shape index (κ2) is 3.41. The molecule has 0 aliphatic carbocycles. The summed E-state index contributed by atoms with van der Waals surface area (Å²) in [4.78, 5) is 0. The number of nitrogens with zero attached hydrogens (tertiary/aromatic N) is 1. The molecule has 0 spiro atoms. The number of H-pyrrole nitrogens is 1. The van der Waals surface area contributed by atoms with Crippen LogP contribution in [0.4, 0.5) is 13.2 Å². The molecule has 0 atom stereocenters. The van der Waals surface area contributed by atoms with Crippen LogP contribution in [0.25, 0.3) is 10.9 Å². The summed E-state index contributed by atoms with van der Waals surface area (Å²) < 4.78 is 40.1. The lowest BCUT2D eigenvalue weighted by atomic mass is 10.2. The SMILES string of the molecule is FC(F)(F)Oc1cc(Br)c2cn[nH]c2c1. The van der Waals surface area contributed by atoms with Crippen LogP contribution in [0, 0.1) is 0 Å². The highest BCUT2D eigenvalue weighted by Gasteiger charge is 2.31. The van der Waals surface area contributed by atoms with Crippen LogP contribution in [0.3, 0.4) is 0 Å². The van der Waals surface area contributed by atoms with Crippen molar-refractivity contribution in [2.45, 2.75) is 6.36 Å². The fourth-order valence-electron chi connectivity index (χ4n) is 1.18. The number of fused-ring (bicyclic) bond motifs is 1. The van der Waals surface area contributed by atoms with Crippen molar-refractivity contribution in [3.63, 3.8) is 0 Å². The van der Waals surface area contributed by atoms with Gasteiger partial charge in [-0.3, -0.25) is 5.10 Å². The minimum absolute atomic E-state index is 0.286. The molecule has 15 heavy (non-hydrogen) atoms. The summed E-state index contributed by atoms with van der Waals surface area (Å²) in [6, 6.07) is 2.48. The van der Waals surface area contributed by atoms with Crippen LogP contribution >= 0.6 is 15.9 Å². The number of nitrogens with one attached hydrogen (secondary N) is 1. The Morgan fingerprint density at radius 3 is 2.73 bits per heavy atom. The molecule has 7 heteroatoms. The normalized spacial score (nSPS) is 12.0. The number of hydrogen-bond donors (Lipinski definition) is 1. The van der Waals surface area contributed by atoms with Crippen LogP contribution in [0.1, 0.15) is 0 Å². The van der Waals surface area contributed by atoms with E-state index in [1.54, 1.807) is 0 Å². The molecule has 1 N–H and O–H groups in total. The molecule has 0 aliphatic heterocycles. The van der Waals surface area contributed by atoms with Gasteiger partial charge in [-0.2, -0.15) is 5.10 Å². The monoisotopic (exact) mass is 280 g/mol. The van der Waals surface area contributed by atoms with Crippen molar-refractivity contribution in [3.8, 4) is 5.75 Å². The van der Waals surface area contributed by atoms with Crippen LogP contribution in [-0.4, -0.2) is 16.6 Å². The maximum Gasteiger partial charge on any atom is 0.573 e. The van der Waals surface area contributed by atoms with E-state index in [9.17, 15) is 13.2 Å². The topological polar surface area (TPSA) is 37.9 Å². The Balaban J connectivity index is 2.45. The third kappa shape index (κ3) is 2.23. The van der Waals surface area contributed by atoms with Gasteiger partial charge in [0.25, 0.3) is 0 Å². The zero-order valence-electron chi connectivity index (χ0n) is 7.10. The van der Waals surface area contributed by atoms with E-state index < -0.39 is 6.36 Å². The minimum atomic E-state index is -4.69. The molecule has 0 aliphatic rings. The number of hydrogen-bond acceptors (Lipinski definition) is 2. The highest BCUT2D eigenvalue weighted by atomic mass is 79.9. The first-order valence-electron chi connectivity index (χ1n) is 3.84. The molecule has 3 nitrogen and oxygen atoms in total. The Hall–Kier alpha value is -1.24.